The van der Waals surface area contributed by atoms with Crippen molar-refractivity contribution in [3.05, 3.63) is 59.4 Å². The number of nitrogens with one attached hydrogen (secondary N) is 1. The molecule has 0 bridgehead atoms. The van der Waals surface area contributed by atoms with Crippen LogP contribution in [-0.4, -0.2) is 29.4 Å². The highest BCUT2D eigenvalue weighted by Gasteiger charge is 2.27. The Hall–Kier alpha value is -2.69. The lowest BCUT2D eigenvalue weighted by atomic mass is 10.1. The standard InChI is InChI=1S/C18H17N3O2/c22-17(20-14-5-6-14)13-7-9-19-15(11-13)18(23)21-10-8-12-3-1-2-4-16(12)21/h1-4,7,9,11,14H,5-6,8,10H2,(H,20,22). The van der Waals surface area contributed by atoms with Gasteiger partial charge in [-0.1, -0.05) is 18.2 Å². The molecule has 0 spiro atoms. The highest BCUT2D eigenvalue weighted by atomic mass is 16.2. The van der Waals surface area contributed by atoms with Crippen molar-refractivity contribution in [1.29, 1.82) is 0 Å². The molecule has 1 aromatic carbocycles. The Morgan fingerprint density at radius 2 is 2.00 bits per heavy atom. The number of hydrogen-bond acceptors (Lipinski definition) is 3. The van der Waals surface area contributed by atoms with Crippen LogP contribution < -0.4 is 10.2 Å². The fourth-order valence-electron chi connectivity index (χ4n) is 2.87. The highest BCUT2D eigenvalue weighted by Crippen LogP contribution is 2.28. The van der Waals surface area contributed by atoms with Gasteiger partial charge in [0.15, 0.2) is 0 Å². The van der Waals surface area contributed by atoms with Gasteiger partial charge in [-0.2, -0.15) is 0 Å². The van der Waals surface area contributed by atoms with Gasteiger partial charge in [0.2, 0.25) is 0 Å². The van der Waals surface area contributed by atoms with Gasteiger partial charge in [-0.05, 0) is 43.0 Å². The van der Waals surface area contributed by atoms with Crippen molar-refractivity contribution in [3.8, 4) is 0 Å². The Morgan fingerprint density at radius 1 is 1.17 bits per heavy atom. The first kappa shape index (κ1) is 13.9. The summed E-state index contributed by atoms with van der Waals surface area (Å²) in [6.07, 6.45) is 4.45. The van der Waals surface area contributed by atoms with Crippen LogP contribution in [0.1, 0.15) is 39.3 Å². The molecule has 23 heavy (non-hydrogen) atoms. The third-order valence-electron chi connectivity index (χ3n) is 4.29. The molecular formula is C18H17N3O2. The molecule has 1 saturated carbocycles. The molecule has 0 radical (unpaired) electrons. The number of aromatic nitrogens is 1. The number of anilines is 1. The first-order chi connectivity index (χ1) is 11.2. The Balaban J connectivity index is 1.58. The fraction of sp³-hybridized carbons (Fsp3) is 0.278. The summed E-state index contributed by atoms with van der Waals surface area (Å²) in [4.78, 5) is 30.8. The second-order valence-electron chi connectivity index (χ2n) is 6.01. The Kier molecular flexibility index (Phi) is 3.33. The van der Waals surface area contributed by atoms with Crippen molar-refractivity contribution in [2.45, 2.75) is 25.3 Å². The summed E-state index contributed by atoms with van der Waals surface area (Å²) >= 11 is 0. The van der Waals surface area contributed by atoms with Crippen LogP contribution >= 0.6 is 0 Å². The molecule has 1 fully saturated rings. The van der Waals surface area contributed by atoms with Crippen LogP contribution in [0.15, 0.2) is 42.6 Å². The van der Waals surface area contributed by atoms with E-state index in [-0.39, 0.29) is 11.8 Å². The Bertz CT molecular complexity index is 783. The predicted molar refractivity (Wildman–Crippen MR) is 86.5 cm³/mol. The van der Waals surface area contributed by atoms with Gasteiger partial charge in [0.1, 0.15) is 5.69 Å². The Morgan fingerprint density at radius 3 is 2.83 bits per heavy atom. The topological polar surface area (TPSA) is 62.3 Å². The monoisotopic (exact) mass is 307 g/mol. The number of carbonyl (C=O) groups excluding carboxylic acids is 2. The minimum atomic E-state index is -0.156. The molecule has 0 saturated heterocycles. The maximum absolute atomic E-state index is 12.8. The number of fused-ring (bicyclic) bond motifs is 1. The third kappa shape index (κ3) is 2.70. The van der Waals surface area contributed by atoms with Crippen molar-refractivity contribution in [1.82, 2.24) is 10.3 Å². The number of pyridine rings is 1. The van der Waals surface area contributed by atoms with Crippen LogP contribution in [0.4, 0.5) is 5.69 Å². The second kappa shape index (κ2) is 5.50. The summed E-state index contributed by atoms with van der Waals surface area (Å²) < 4.78 is 0. The van der Waals surface area contributed by atoms with E-state index in [2.05, 4.69) is 10.3 Å². The van der Waals surface area contributed by atoms with E-state index in [0.29, 0.717) is 23.8 Å². The Labute approximate surface area is 134 Å². The van der Waals surface area contributed by atoms with Crippen molar-refractivity contribution < 1.29 is 9.59 Å². The van der Waals surface area contributed by atoms with E-state index < -0.39 is 0 Å². The molecule has 116 valence electrons. The van der Waals surface area contributed by atoms with E-state index in [1.807, 2.05) is 24.3 Å². The molecule has 2 aromatic rings. The van der Waals surface area contributed by atoms with Gasteiger partial charge < -0.3 is 10.2 Å². The van der Waals surface area contributed by atoms with Crippen molar-refractivity contribution in [2.75, 3.05) is 11.4 Å². The first-order valence-electron chi connectivity index (χ1n) is 7.89. The predicted octanol–water partition coefficient (Wildman–Crippen LogP) is 2.18. The van der Waals surface area contributed by atoms with Crippen LogP contribution in [0.5, 0.6) is 0 Å². The minimum absolute atomic E-state index is 0.134. The van der Waals surface area contributed by atoms with Crippen LogP contribution in [-0.2, 0) is 6.42 Å². The summed E-state index contributed by atoms with van der Waals surface area (Å²) in [6, 6.07) is 11.4. The molecule has 5 heteroatoms. The maximum atomic E-state index is 12.8. The molecular weight excluding hydrogens is 290 g/mol. The highest BCUT2D eigenvalue weighted by molar-refractivity contribution is 6.07. The smallest absolute Gasteiger partial charge is 0.276 e. The van der Waals surface area contributed by atoms with Gasteiger partial charge in [0.05, 0.1) is 0 Å². The van der Waals surface area contributed by atoms with Crippen LogP contribution in [0.3, 0.4) is 0 Å². The van der Waals surface area contributed by atoms with Gasteiger partial charge in [-0.3, -0.25) is 14.6 Å². The van der Waals surface area contributed by atoms with E-state index in [0.717, 1.165) is 24.9 Å². The molecule has 2 amide bonds. The lowest BCUT2D eigenvalue weighted by Gasteiger charge is -2.17. The van der Waals surface area contributed by atoms with Gasteiger partial charge in [-0.25, -0.2) is 0 Å². The average molecular weight is 307 g/mol. The molecule has 1 N–H and O–H groups in total. The molecule has 1 aliphatic heterocycles. The van der Waals surface area contributed by atoms with E-state index in [1.165, 1.54) is 11.8 Å². The number of benzene rings is 1. The van der Waals surface area contributed by atoms with Crippen LogP contribution in [0, 0.1) is 0 Å². The van der Waals surface area contributed by atoms with Crippen LogP contribution in [0.2, 0.25) is 0 Å². The summed E-state index contributed by atoms with van der Waals surface area (Å²) in [6.45, 7) is 0.651. The first-order valence-corrected chi connectivity index (χ1v) is 7.89. The molecule has 2 heterocycles. The van der Waals surface area contributed by atoms with Crippen molar-refractivity contribution in [3.63, 3.8) is 0 Å². The van der Waals surface area contributed by atoms with E-state index in [1.54, 1.807) is 17.0 Å². The van der Waals surface area contributed by atoms with Gasteiger partial charge >= 0.3 is 0 Å². The number of rotatable bonds is 3. The summed E-state index contributed by atoms with van der Waals surface area (Å²) in [5.41, 5.74) is 2.91. The largest absolute Gasteiger partial charge is 0.349 e. The molecule has 5 nitrogen and oxygen atoms in total. The summed E-state index contributed by atoms with van der Waals surface area (Å²) in [7, 11) is 0. The molecule has 1 aliphatic carbocycles. The lowest BCUT2D eigenvalue weighted by Crippen LogP contribution is -2.30. The summed E-state index contributed by atoms with van der Waals surface area (Å²) in [5.74, 6) is -0.290. The third-order valence-corrected chi connectivity index (χ3v) is 4.29. The normalized spacial score (nSPS) is 16.1. The van der Waals surface area contributed by atoms with Crippen molar-refractivity contribution >= 4 is 17.5 Å². The number of para-hydroxylation sites is 1. The van der Waals surface area contributed by atoms with Gasteiger partial charge in [0, 0.05) is 30.0 Å². The van der Waals surface area contributed by atoms with Crippen LogP contribution in [0.25, 0.3) is 0 Å². The zero-order chi connectivity index (χ0) is 15.8. The van der Waals surface area contributed by atoms with E-state index >= 15 is 0 Å². The van der Waals surface area contributed by atoms with Gasteiger partial charge in [-0.15, -0.1) is 0 Å². The zero-order valence-electron chi connectivity index (χ0n) is 12.7. The molecule has 4 rings (SSSR count). The quantitative estimate of drug-likeness (QED) is 0.945. The number of carbonyl (C=O) groups is 2. The molecule has 0 unspecified atom stereocenters. The molecule has 0 atom stereocenters. The second-order valence-corrected chi connectivity index (χ2v) is 6.01. The SMILES string of the molecule is O=C(NC1CC1)c1ccnc(C(=O)N2CCc3ccccc32)c1. The number of hydrogen-bond donors (Lipinski definition) is 1. The maximum Gasteiger partial charge on any atom is 0.276 e. The lowest BCUT2D eigenvalue weighted by molar-refractivity contribution is 0.0951. The van der Waals surface area contributed by atoms with E-state index in [9.17, 15) is 9.59 Å². The minimum Gasteiger partial charge on any atom is -0.349 e. The summed E-state index contributed by atoms with van der Waals surface area (Å²) in [5, 5.41) is 2.93. The van der Waals surface area contributed by atoms with Gasteiger partial charge in [0.25, 0.3) is 11.8 Å². The van der Waals surface area contributed by atoms with E-state index in [4.69, 9.17) is 0 Å². The van der Waals surface area contributed by atoms with Crippen molar-refractivity contribution in [2.24, 2.45) is 0 Å². The molecule has 1 aromatic heterocycles. The fourth-order valence-corrected chi connectivity index (χ4v) is 2.87. The average Bonchev–Trinajstić information content (AvgIpc) is 3.30. The molecule has 2 aliphatic rings. The number of amides is 2. The number of nitrogens with zero attached hydrogens (tertiary/aromatic N) is 2. The zero-order valence-corrected chi connectivity index (χ0v) is 12.7.